The third kappa shape index (κ3) is 7.19. The normalized spacial score (nSPS) is 12.6. The molecule has 0 fully saturated rings. The quantitative estimate of drug-likeness (QED) is 0.176. The van der Waals surface area contributed by atoms with Crippen LogP contribution in [0.15, 0.2) is 67.3 Å². The first kappa shape index (κ1) is 32.2. The first-order valence-electron chi connectivity index (χ1n) is 14.7. The van der Waals surface area contributed by atoms with E-state index in [9.17, 15) is 14.0 Å². The smallest absolute Gasteiger partial charge is 0.427 e. The number of fused-ring (bicyclic) bond motifs is 1. The van der Waals surface area contributed by atoms with Crippen molar-refractivity contribution in [3.63, 3.8) is 0 Å². The summed E-state index contributed by atoms with van der Waals surface area (Å²) in [6.45, 7) is 12.0. The topological polar surface area (TPSA) is 117 Å². The van der Waals surface area contributed by atoms with Crippen LogP contribution in [0.1, 0.15) is 66.5 Å². The minimum absolute atomic E-state index is 0.118. The SMILES string of the molecule is CC[C@H](c1ccc(F)cc1)n1cc(-c2cnc(F)c(-c3ccn4nc(N(C(=O)OC(C)(C)C)C(=O)OC(C)(C)C)nc4c3)c2)cn1. The Morgan fingerprint density at radius 2 is 1.54 bits per heavy atom. The number of pyridine rings is 2. The first-order chi connectivity index (χ1) is 21.6. The van der Waals surface area contributed by atoms with Gasteiger partial charge in [0.15, 0.2) is 5.65 Å². The number of hydrogen-bond acceptors (Lipinski definition) is 8. The van der Waals surface area contributed by atoms with Gasteiger partial charge in [-0.3, -0.25) is 4.68 Å². The zero-order valence-electron chi connectivity index (χ0n) is 26.7. The summed E-state index contributed by atoms with van der Waals surface area (Å²) in [5.74, 6) is -1.29. The van der Waals surface area contributed by atoms with Crippen molar-refractivity contribution in [2.24, 2.45) is 0 Å². The lowest BCUT2D eigenvalue weighted by molar-refractivity contribution is 0.0427. The van der Waals surface area contributed by atoms with Gasteiger partial charge in [0, 0.05) is 35.3 Å². The Labute approximate surface area is 264 Å². The lowest BCUT2D eigenvalue weighted by Crippen LogP contribution is -2.44. The second kappa shape index (κ2) is 12.3. The monoisotopic (exact) mass is 631 g/mol. The number of ether oxygens (including phenoxy) is 2. The fourth-order valence-electron chi connectivity index (χ4n) is 4.71. The van der Waals surface area contributed by atoms with Gasteiger partial charge in [0.1, 0.15) is 17.0 Å². The summed E-state index contributed by atoms with van der Waals surface area (Å²) in [6, 6.07) is 11.0. The fourth-order valence-corrected chi connectivity index (χ4v) is 4.71. The molecule has 0 N–H and O–H groups in total. The van der Waals surface area contributed by atoms with Gasteiger partial charge in [-0.25, -0.2) is 23.5 Å². The van der Waals surface area contributed by atoms with Crippen LogP contribution >= 0.6 is 0 Å². The highest BCUT2D eigenvalue weighted by molar-refractivity contribution is 6.08. The van der Waals surface area contributed by atoms with E-state index in [4.69, 9.17) is 9.47 Å². The number of anilines is 1. The molecule has 1 atom stereocenters. The summed E-state index contributed by atoms with van der Waals surface area (Å²) in [7, 11) is 0. The number of nitrogens with zero attached hydrogens (tertiary/aromatic N) is 7. The van der Waals surface area contributed by atoms with Gasteiger partial charge in [0.2, 0.25) is 5.95 Å². The number of carbonyl (C=O) groups excluding carboxylic acids is 2. The van der Waals surface area contributed by atoms with Gasteiger partial charge in [-0.15, -0.1) is 10.00 Å². The molecule has 0 aliphatic carbocycles. The molecule has 240 valence electrons. The van der Waals surface area contributed by atoms with Crippen LogP contribution in [0.4, 0.5) is 24.3 Å². The van der Waals surface area contributed by atoms with Gasteiger partial charge in [-0.2, -0.15) is 14.5 Å². The molecular weight excluding hydrogens is 596 g/mol. The summed E-state index contributed by atoms with van der Waals surface area (Å²) < 4.78 is 42.6. The minimum Gasteiger partial charge on any atom is -0.443 e. The van der Waals surface area contributed by atoms with Crippen LogP contribution in [-0.4, -0.2) is 52.8 Å². The van der Waals surface area contributed by atoms with Crippen molar-refractivity contribution < 1.29 is 27.8 Å². The number of aromatic nitrogens is 6. The lowest BCUT2D eigenvalue weighted by atomic mass is 10.0. The summed E-state index contributed by atoms with van der Waals surface area (Å²) in [6.07, 6.45) is 5.16. The zero-order chi connectivity index (χ0) is 33.4. The van der Waals surface area contributed by atoms with Crippen LogP contribution in [0.2, 0.25) is 0 Å². The van der Waals surface area contributed by atoms with Crippen molar-refractivity contribution in [1.82, 2.24) is 29.4 Å². The van der Waals surface area contributed by atoms with Crippen molar-refractivity contribution in [2.75, 3.05) is 4.90 Å². The molecule has 1 aromatic carbocycles. The standard InChI is InChI=1S/C33H35F2N7O4/c1-8-26(20-9-11-24(34)12-10-20)41-19-23(18-37-41)22-15-25(28(35)36-17-22)21-13-14-40-27(16-21)38-29(39-40)42(30(43)45-32(2,3)4)31(44)46-33(5,6)7/h9-19,26H,8H2,1-7H3/t26-/m1/s1. The highest BCUT2D eigenvalue weighted by atomic mass is 19.1. The van der Waals surface area contributed by atoms with E-state index in [0.29, 0.717) is 21.6 Å². The summed E-state index contributed by atoms with van der Waals surface area (Å²) in [5, 5.41) is 8.80. The number of amides is 2. The molecule has 13 heteroatoms. The molecule has 4 aromatic heterocycles. The Kier molecular flexibility index (Phi) is 8.61. The van der Waals surface area contributed by atoms with Gasteiger partial charge in [0.05, 0.1) is 12.2 Å². The Balaban J connectivity index is 1.47. The van der Waals surface area contributed by atoms with Gasteiger partial charge >= 0.3 is 12.2 Å². The molecule has 0 radical (unpaired) electrons. The predicted molar refractivity (Wildman–Crippen MR) is 167 cm³/mol. The fraction of sp³-hybridized carbons (Fsp3) is 0.333. The average Bonchev–Trinajstić information content (AvgIpc) is 3.60. The Morgan fingerprint density at radius 3 is 2.15 bits per heavy atom. The highest BCUT2D eigenvalue weighted by Gasteiger charge is 2.35. The van der Waals surface area contributed by atoms with Gasteiger partial charge < -0.3 is 9.47 Å². The number of rotatable bonds is 6. The number of hydrogen-bond donors (Lipinski definition) is 0. The second-order valence-corrected chi connectivity index (χ2v) is 12.7. The van der Waals surface area contributed by atoms with E-state index in [0.717, 1.165) is 12.0 Å². The molecule has 0 spiro atoms. The molecule has 4 heterocycles. The molecule has 0 aliphatic rings. The van der Waals surface area contributed by atoms with E-state index in [1.54, 1.807) is 82.8 Å². The van der Waals surface area contributed by atoms with Crippen LogP contribution < -0.4 is 4.90 Å². The predicted octanol–water partition coefficient (Wildman–Crippen LogP) is 7.61. The third-order valence-corrected chi connectivity index (χ3v) is 6.72. The Morgan fingerprint density at radius 1 is 0.891 bits per heavy atom. The Hall–Kier alpha value is -5.20. The highest BCUT2D eigenvalue weighted by Crippen LogP contribution is 2.30. The maximum absolute atomic E-state index is 15.1. The average molecular weight is 632 g/mol. The maximum atomic E-state index is 15.1. The molecule has 11 nitrogen and oxygen atoms in total. The van der Waals surface area contributed by atoms with E-state index in [2.05, 4.69) is 20.2 Å². The maximum Gasteiger partial charge on any atom is 0.427 e. The number of imide groups is 1. The molecule has 0 saturated heterocycles. The van der Waals surface area contributed by atoms with Crippen molar-refractivity contribution >= 4 is 23.8 Å². The van der Waals surface area contributed by atoms with E-state index < -0.39 is 29.3 Å². The molecule has 0 saturated carbocycles. The minimum atomic E-state index is -1.01. The summed E-state index contributed by atoms with van der Waals surface area (Å²) >= 11 is 0. The molecule has 5 aromatic rings. The lowest BCUT2D eigenvalue weighted by Gasteiger charge is -2.26. The molecule has 5 rings (SSSR count). The molecule has 0 aliphatic heterocycles. The molecule has 0 unspecified atom stereocenters. The second-order valence-electron chi connectivity index (χ2n) is 12.7. The zero-order valence-corrected chi connectivity index (χ0v) is 26.7. The van der Waals surface area contributed by atoms with E-state index in [1.807, 2.05) is 13.1 Å². The van der Waals surface area contributed by atoms with Gasteiger partial charge in [-0.05, 0) is 89.4 Å². The van der Waals surface area contributed by atoms with E-state index >= 15 is 4.39 Å². The first-order valence-corrected chi connectivity index (χ1v) is 14.7. The number of benzene rings is 1. The van der Waals surface area contributed by atoms with Crippen molar-refractivity contribution in [2.45, 2.75) is 72.1 Å². The van der Waals surface area contributed by atoms with Gasteiger partial charge in [0.25, 0.3) is 5.95 Å². The van der Waals surface area contributed by atoms with Crippen molar-refractivity contribution in [3.8, 4) is 22.3 Å². The van der Waals surface area contributed by atoms with E-state index in [-0.39, 0.29) is 29.0 Å². The largest absolute Gasteiger partial charge is 0.443 e. The number of halogens is 2. The molecular formula is C33H35F2N7O4. The van der Waals surface area contributed by atoms with Crippen LogP contribution in [0.3, 0.4) is 0 Å². The molecule has 46 heavy (non-hydrogen) atoms. The van der Waals surface area contributed by atoms with Crippen molar-refractivity contribution in [1.29, 1.82) is 0 Å². The van der Waals surface area contributed by atoms with Crippen LogP contribution in [0.5, 0.6) is 0 Å². The van der Waals surface area contributed by atoms with Crippen LogP contribution in [0.25, 0.3) is 27.9 Å². The molecule has 2 amide bonds. The Bertz CT molecular complexity index is 1860. The van der Waals surface area contributed by atoms with Gasteiger partial charge in [-0.1, -0.05) is 19.1 Å². The van der Waals surface area contributed by atoms with Crippen LogP contribution in [0, 0.1) is 11.8 Å². The summed E-state index contributed by atoms with van der Waals surface area (Å²) in [5.41, 5.74) is 1.29. The summed E-state index contributed by atoms with van der Waals surface area (Å²) in [4.78, 5) is 35.1. The number of carbonyl (C=O) groups is 2. The third-order valence-electron chi connectivity index (χ3n) is 6.72. The molecule has 0 bridgehead atoms. The van der Waals surface area contributed by atoms with Crippen molar-refractivity contribution in [3.05, 3.63) is 84.6 Å². The van der Waals surface area contributed by atoms with E-state index in [1.165, 1.54) is 29.0 Å². The van der Waals surface area contributed by atoms with Crippen LogP contribution in [-0.2, 0) is 9.47 Å².